The standard InChI is InChI=1S/C16H19FN2O2/c1-2-14(18)10-19-9-3-4-15(16(19)20)21-11-12-5-7-13(17)8-6-12/h3-9,14H,2,10-11,18H2,1H3. The van der Waals surface area contributed by atoms with Crippen LogP contribution in [0.2, 0.25) is 0 Å². The summed E-state index contributed by atoms with van der Waals surface area (Å²) in [4.78, 5) is 12.2. The van der Waals surface area contributed by atoms with E-state index in [2.05, 4.69) is 0 Å². The number of pyridine rings is 1. The third-order valence-corrected chi connectivity index (χ3v) is 3.25. The van der Waals surface area contributed by atoms with Crippen molar-refractivity contribution in [2.75, 3.05) is 0 Å². The van der Waals surface area contributed by atoms with Crippen molar-refractivity contribution in [3.8, 4) is 5.75 Å². The second kappa shape index (κ2) is 7.04. The zero-order valence-electron chi connectivity index (χ0n) is 12.0. The van der Waals surface area contributed by atoms with Gasteiger partial charge in [-0.1, -0.05) is 19.1 Å². The zero-order chi connectivity index (χ0) is 15.2. The molecule has 112 valence electrons. The molecule has 1 aromatic carbocycles. The van der Waals surface area contributed by atoms with Gasteiger partial charge in [0.1, 0.15) is 12.4 Å². The van der Waals surface area contributed by atoms with Crippen LogP contribution >= 0.6 is 0 Å². The second-order valence-electron chi connectivity index (χ2n) is 4.91. The fourth-order valence-electron chi connectivity index (χ4n) is 1.89. The van der Waals surface area contributed by atoms with E-state index in [1.807, 2.05) is 6.92 Å². The highest BCUT2D eigenvalue weighted by atomic mass is 19.1. The summed E-state index contributed by atoms with van der Waals surface area (Å²) in [6.45, 7) is 2.66. The molecule has 0 spiro atoms. The molecule has 21 heavy (non-hydrogen) atoms. The van der Waals surface area contributed by atoms with Gasteiger partial charge in [-0.15, -0.1) is 0 Å². The highest BCUT2D eigenvalue weighted by Crippen LogP contribution is 2.08. The van der Waals surface area contributed by atoms with Crippen molar-refractivity contribution >= 4 is 0 Å². The van der Waals surface area contributed by atoms with Crippen molar-refractivity contribution in [1.82, 2.24) is 4.57 Å². The lowest BCUT2D eigenvalue weighted by Crippen LogP contribution is -2.31. The molecule has 0 aliphatic heterocycles. The SMILES string of the molecule is CCC(N)Cn1cccc(OCc2ccc(F)cc2)c1=O. The minimum absolute atomic E-state index is 0.0601. The monoisotopic (exact) mass is 290 g/mol. The van der Waals surface area contributed by atoms with Gasteiger partial charge >= 0.3 is 0 Å². The summed E-state index contributed by atoms with van der Waals surface area (Å²) in [6, 6.07) is 9.30. The summed E-state index contributed by atoms with van der Waals surface area (Å²) in [5, 5.41) is 0. The molecule has 0 bridgehead atoms. The molecule has 2 aromatic rings. The van der Waals surface area contributed by atoms with Crippen LogP contribution in [0.15, 0.2) is 47.4 Å². The van der Waals surface area contributed by atoms with Gasteiger partial charge < -0.3 is 15.0 Å². The van der Waals surface area contributed by atoms with E-state index in [4.69, 9.17) is 10.5 Å². The van der Waals surface area contributed by atoms with Crippen LogP contribution in [0.1, 0.15) is 18.9 Å². The molecule has 5 heteroatoms. The number of nitrogens with two attached hydrogens (primary N) is 1. The van der Waals surface area contributed by atoms with Crippen molar-refractivity contribution in [2.24, 2.45) is 5.73 Å². The Kier molecular flexibility index (Phi) is 5.11. The Labute approximate surface area is 123 Å². The fraction of sp³-hybridized carbons (Fsp3) is 0.312. The zero-order valence-corrected chi connectivity index (χ0v) is 12.0. The highest BCUT2D eigenvalue weighted by molar-refractivity contribution is 5.20. The first kappa shape index (κ1) is 15.3. The van der Waals surface area contributed by atoms with E-state index in [1.54, 1.807) is 35.0 Å². The molecule has 1 atom stereocenters. The topological polar surface area (TPSA) is 57.2 Å². The molecule has 0 aliphatic rings. The Morgan fingerprint density at radius 3 is 2.67 bits per heavy atom. The molecule has 0 aliphatic carbocycles. The highest BCUT2D eigenvalue weighted by Gasteiger charge is 2.07. The number of benzene rings is 1. The summed E-state index contributed by atoms with van der Waals surface area (Å²) in [7, 11) is 0. The van der Waals surface area contributed by atoms with Gasteiger partial charge in [0, 0.05) is 18.8 Å². The number of hydrogen-bond donors (Lipinski definition) is 1. The third-order valence-electron chi connectivity index (χ3n) is 3.25. The lowest BCUT2D eigenvalue weighted by molar-refractivity contribution is 0.298. The molecule has 4 nitrogen and oxygen atoms in total. The molecular formula is C16H19FN2O2. The van der Waals surface area contributed by atoms with Crippen LogP contribution in [0.4, 0.5) is 4.39 Å². The molecule has 1 heterocycles. The Morgan fingerprint density at radius 2 is 2.00 bits per heavy atom. The van der Waals surface area contributed by atoms with Crippen molar-refractivity contribution in [1.29, 1.82) is 0 Å². The predicted octanol–water partition coefficient (Wildman–Crippen LogP) is 2.30. The van der Waals surface area contributed by atoms with Crippen molar-refractivity contribution < 1.29 is 9.13 Å². The smallest absolute Gasteiger partial charge is 0.292 e. The molecule has 0 fully saturated rings. The normalized spacial score (nSPS) is 12.1. The molecule has 2 rings (SSSR count). The van der Waals surface area contributed by atoms with Gasteiger partial charge in [0.2, 0.25) is 0 Å². The van der Waals surface area contributed by atoms with Crippen LogP contribution in [-0.2, 0) is 13.2 Å². The molecule has 0 saturated heterocycles. The lowest BCUT2D eigenvalue weighted by Gasteiger charge is -2.13. The molecule has 0 radical (unpaired) electrons. The summed E-state index contributed by atoms with van der Waals surface area (Å²) >= 11 is 0. The van der Waals surface area contributed by atoms with Crippen LogP contribution < -0.4 is 16.0 Å². The summed E-state index contributed by atoms with van der Waals surface area (Å²) in [5.41, 5.74) is 6.46. The van der Waals surface area contributed by atoms with Gasteiger partial charge in [-0.3, -0.25) is 4.79 Å². The summed E-state index contributed by atoms with van der Waals surface area (Å²) < 4.78 is 19.9. The van der Waals surface area contributed by atoms with Crippen molar-refractivity contribution in [3.63, 3.8) is 0 Å². The van der Waals surface area contributed by atoms with E-state index in [0.717, 1.165) is 12.0 Å². The number of aromatic nitrogens is 1. The maximum Gasteiger partial charge on any atom is 0.292 e. The number of nitrogens with zero attached hydrogens (tertiary/aromatic N) is 1. The maximum absolute atomic E-state index is 12.8. The Balaban J connectivity index is 2.08. The second-order valence-corrected chi connectivity index (χ2v) is 4.91. The van der Waals surface area contributed by atoms with Gasteiger partial charge in [0.15, 0.2) is 5.75 Å². The van der Waals surface area contributed by atoms with Crippen molar-refractivity contribution in [2.45, 2.75) is 32.5 Å². The van der Waals surface area contributed by atoms with E-state index < -0.39 is 0 Å². The molecule has 0 amide bonds. The van der Waals surface area contributed by atoms with E-state index in [1.165, 1.54) is 12.1 Å². The van der Waals surface area contributed by atoms with E-state index in [0.29, 0.717) is 6.54 Å². The van der Waals surface area contributed by atoms with Crippen molar-refractivity contribution in [3.05, 3.63) is 64.3 Å². The van der Waals surface area contributed by atoms with E-state index in [9.17, 15) is 9.18 Å². The minimum Gasteiger partial charge on any atom is -0.483 e. The summed E-state index contributed by atoms with van der Waals surface area (Å²) in [5.74, 6) is -0.0282. The first-order valence-electron chi connectivity index (χ1n) is 6.92. The van der Waals surface area contributed by atoms with Crippen LogP contribution in [0, 0.1) is 5.82 Å². The maximum atomic E-state index is 12.8. The predicted molar refractivity (Wildman–Crippen MR) is 79.7 cm³/mol. The van der Waals surface area contributed by atoms with Gasteiger partial charge in [0.05, 0.1) is 0 Å². The van der Waals surface area contributed by atoms with Gasteiger partial charge in [-0.2, -0.15) is 0 Å². The summed E-state index contributed by atoms with van der Waals surface area (Å²) in [6.07, 6.45) is 2.50. The molecule has 1 aromatic heterocycles. The van der Waals surface area contributed by atoms with Crippen LogP contribution in [-0.4, -0.2) is 10.6 Å². The van der Waals surface area contributed by atoms with Crippen LogP contribution in [0.3, 0.4) is 0 Å². The Bertz CT molecular complexity index is 637. The van der Waals surface area contributed by atoms with E-state index >= 15 is 0 Å². The molecule has 0 saturated carbocycles. The van der Waals surface area contributed by atoms with Crippen LogP contribution in [0.25, 0.3) is 0 Å². The molecule has 2 N–H and O–H groups in total. The first-order chi connectivity index (χ1) is 10.1. The number of rotatable bonds is 6. The van der Waals surface area contributed by atoms with Crippen LogP contribution in [0.5, 0.6) is 5.75 Å². The average molecular weight is 290 g/mol. The number of hydrogen-bond acceptors (Lipinski definition) is 3. The largest absolute Gasteiger partial charge is 0.483 e. The Hall–Kier alpha value is -2.14. The lowest BCUT2D eigenvalue weighted by atomic mass is 10.2. The fourth-order valence-corrected chi connectivity index (χ4v) is 1.89. The number of halogens is 1. The third kappa shape index (κ3) is 4.16. The average Bonchev–Trinajstić information content (AvgIpc) is 2.49. The van der Waals surface area contributed by atoms with E-state index in [-0.39, 0.29) is 29.8 Å². The number of ether oxygens (including phenoxy) is 1. The van der Waals surface area contributed by atoms with Gasteiger partial charge in [-0.25, -0.2) is 4.39 Å². The first-order valence-corrected chi connectivity index (χ1v) is 6.92. The Morgan fingerprint density at radius 1 is 1.29 bits per heavy atom. The minimum atomic E-state index is -0.297. The van der Waals surface area contributed by atoms with Gasteiger partial charge in [0.25, 0.3) is 5.56 Å². The molecule has 1 unspecified atom stereocenters. The van der Waals surface area contributed by atoms with Gasteiger partial charge in [-0.05, 0) is 36.2 Å². The quantitative estimate of drug-likeness (QED) is 0.888. The molecular weight excluding hydrogens is 271 g/mol.